The number of nitrogens with zero attached hydrogens (tertiary/aromatic N) is 3. The zero-order chi connectivity index (χ0) is 20.5. The molecule has 0 radical (unpaired) electrons. The first-order valence-corrected chi connectivity index (χ1v) is 9.89. The number of carbonyl (C=O) groups excluding carboxylic acids is 1. The summed E-state index contributed by atoms with van der Waals surface area (Å²) in [6, 6.07) is 3.85. The van der Waals surface area contributed by atoms with Crippen molar-refractivity contribution < 1.29 is 9.21 Å². The minimum absolute atomic E-state index is 0.0531. The normalized spacial score (nSPS) is 19.5. The summed E-state index contributed by atoms with van der Waals surface area (Å²) in [5.74, 6) is 0.153. The number of aromatic nitrogens is 2. The molecule has 1 aliphatic rings. The van der Waals surface area contributed by atoms with Gasteiger partial charge in [0, 0.05) is 31.5 Å². The van der Waals surface area contributed by atoms with Crippen LogP contribution in [0.5, 0.6) is 0 Å². The number of nitrogens with two attached hydrogens (primary N) is 2. The first-order chi connectivity index (χ1) is 14.0. The fourth-order valence-electron chi connectivity index (χ4n) is 3.99. The van der Waals surface area contributed by atoms with E-state index < -0.39 is 0 Å². The van der Waals surface area contributed by atoms with Gasteiger partial charge in [0.25, 0.3) is 5.91 Å². The highest BCUT2D eigenvalue weighted by atomic mass is 16.3. The Morgan fingerprint density at radius 3 is 2.97 bits per heavy atom. The molecular formula is C21H26N6O2. The Hall–Kier alpha value is -3.13. The van der Waals surface area contributed by atoms with Gasteiger partial charge in [-0.2, -0.15) is 0 Å². The van der Waals surface area contributed by atoms with Gasteiger partial charge < -0.3 is 26.1 Å². The third-order valence-electron chi connectivity index (χ3n) is 5.33. The Kier molecular flexibility index (Phi) is 5.10. The van der Waals surface area contributed by atoms with Gasteiger partial charge in [-0.3, -0.25) is 14.8 Å². The highest BCUT2D eigenvalue weighted by Gasteiger charge is 2.26. The molecule has 0 aliphatic carbocycles. The number of carbonyl (C=O) groups is 1. The van der Waals surface area contributed by atoms with Gasteiger partial charge in [0.1, 0.15) is 11.1 Å². The lowest BCUT2D eigenvalue weighted by molar-refractivity contribution is 0.102. The molecule has 1 saturated heterocycles. The molecule has 0 unspecified atom stereocenters. The third kappa shape index (κ3) is 3.75. The molecule has 1 fully saturated rings. The summed E-state index contributed by atoms with van der Waals surface area (Å²) in [6.45, 7) is 5.81. The van der Waals surface area contributed by atoms with Gasteiger partial charge >= 0.3 is 0 Å². The van der Waals surface area contributed by atoms with Gasteiger partial charge in [0.2, 0.25) is 5.88 Å². The van der Waals surface area contributed by atoms with E-state index in [0.29, 0.717) is 22.7 Å². The zero-order valence-corrected chi connectivity index (χ0v) is 16.7. The molecule has 29 heavy (non-hydrogen) atoms. The highest BCUT2D eigenvalue weighted by molar-refractivity contribution is 6.15. The second-order valence-corrected chi connectivity index (χ2v) is 7.74. The standard InChI is InChI=1S/C21H26N6O2/c1-3-13-7-17-19(25-8-13)18(20(23)29-17)21(28)26-15-9-24-5-4-16(15)27-10-12(2)6-14(22)11-27/h4-5,7-9,12,14H,3,6,10-11,22-23H2,1-2H3,(H,26,28)/t12-,14+/m0/s1. The van der Waals surface area contributed by atoms with Crippen molar-refractivity contribution in [2.45, 2.75) is 32.7 Å². The van der Waals surface area contributed by atoms with Gasteiger partial charge in [-0.1, -0.05) is 13.8 Å². The number of furan rings is 1. The molecule has 152 valence electrons. The number of rotatable bonds is 4. The lowest BCUT2D eigenvalue weighted by atomic mass is 9.96. The van der Waals surface area contributed by atoms with E-state index in [0.717, 1.165) is 37.2 Å². The van der Waals surface area contributed by atoms with Gasteiger partial charge in [-0.15, -0.1) is 0 Å². The van der Waals surface area contributed by atoms with E-state index in [-0.39, 0.29) is 23.4 Å². The van der Waals surface area contributed by atoms with Crippen molar-refractivity contribution in [3.05, 3.63) is 41.9 Å². The van der Waals surface area contributed by atoms with E-state index in [1.165, 1.54) is 0 Å². The van der Waals surface area contributed by atoms with Crippen molar-refractivity contribution in [3.63, 3.8) is 0 Å². The van der Waals surface area contributed by atoms with Crippen molar-refractivity contribution >= 4 is 34.3 Å². The predicted octanol–water partition coefficient (Wildman–Crippen LogP) is 2.79. The summed E-state index contributed by atoms with van der Waals surface area (Å²) in [7, 11) is 0. The minimum Gasteiger partial charge on any atom is -0.438 e. The summed E-state index contributed by atoms with van der Waals surface area (Å²) in [4.78, 5) is 23.8. The van der Waals surface area contributed by atoms with Crippen LogP contribution in [-0.4, -0.2) is 35.0 Å². The van der Waals surface area contributed by atoms with E-state index in [9.17, 15) is 4.79 Å². The van der Waals surface area contributed by atoms with Crippen molar-refractivity contribution in [2.24, 2.45) is 11.7 Å². The van der Waals surface area contributed by atoms with Crippen LogP contribution in [0.15, 0.2) is 35.1 Å². The van der Waals surface area contributed by atoms with Crippen molar-refractivity contribution in [2.75, 3.05) is 29.0 Å². The maximum absolute atomic E-state index is 13.1. The van der Waals surface area contributed by atoms with Crippen LogP contribution in [0.25, 0.3) is 11.1 Å². The molecule has 0 aromatic carbocycles. The van der Waals surface area contributed by atoms with Crippen LogP contribution in [-0.2, 0) is 6.42 Å². The maximum Gasteiger partial charge on any atom is 0.263 e. The number of aryl methyl sites for hydroxylation is 1. The summed E-state index contributed by atoms with van der Waals surface area (Å²) >= 11 is 0. The monoisotopic (exact) mass is 394 g/mol. The molecule has 0 saturated carbocycles. The molecule has 2 atom stereocenters. The van der Waals surface area contributed by atoms with E-state index in [2.05, 4.69) is 27.1 Å². The molecule has 0 spiro atoms. The maximum atomic E-state index is 13.1. The van der Waals surface area contributed by atoms with E-state index in [1.807, 2.05) is 19.1 Å². The molecule has 0 bridgehead atoms. The Labute approximate surface area is 169 Å². The molecule has 1 aliphatic heterocycles. The Morgan fingerprint density at radius 2 is 2.21 bits per heavy atom. The lowest BCUT2D eigenvalue weighted by Crippen LogP contribution is -2.46. The number of piperidine rings is 1. The smallest absolute Gasteiger partial charge is 0.263 e. The summed E-state index contributed by atoms with van der Waals surface area (Å²) < 4.78 is 5.59. The fraction of sp³-hybridized carbons (Fsp3) is 0.381. The number of hydrogen-bond acceptors (Lipinski definition) is 7. The van der Waals surface area contributed by atoms with Gasteiger partial charge in [-0.05, 0) is 36.5 Å². The Balaban J connectivity index is 1.65. The average Bonchev–Trinajstić information content (AvgIpc) is 3.02. The van der Waals surface area contributed by atoms with Crippen molar-refractivity contribution in [3.8, 4) is 0 Å². The van der Waals surface area contributed by atoms with Crippen molar-refractivity contribution in [1.29, 1.82) is 0 Å². The molecule has 3 aromatic rings. The van der Waals surface area contributed by atoms with E-state index in [4.69, 9.17) is 15.9 Å². The van der Waals surface area contributed by atoms with E-state index in [1.54, 1.807) is 18.6 Å². The molecule has 4 rings (SSSR count). The summed E-state index contributed by atoms with van der Waals surface area (Å²) in [6.07, 6.45) is 6.90. The van der Waals surface area contributed by atoms with Crippen LogP contribution in [0, 0.1) is 5.92 Å². The number of anilines is 3. The van der Waals surface area contributed by atoms with Gasteiger partial charge in [0.15, 0.2) is 5.58 Å². The molecule has 5 N–H and O–H groups in total. The minimum atomic E-state index is -0.374. The van der Waals surface area contributed by atoms with Crippen LogP contribution >= 0.6 is 0 Å². The second kappa shape index (κ2) is 7.71. The van der Waals surface area contributed by atoms with Crippen LogP contribution < -0.4 is 21.7 Å². The topological polar surface area (TPSA) is 123 Å². The first kappa shape index (κ1) is 19.2. The van der Waals surface area contributed by atoms with Crippen LogP contribution in [0.3, 0.4) is 0 Å². The van der Waals surface area contributed by atoms with Crippen LogP contribution in [0.4, 0.5) is 17.3 Å². The van der Waals surface area contributed by atoms with Crippen molar-refractivity contribution in [1.82, 2.24) is 9.97 Å². The number of pyridine rings is 2. The number of amides is 1. The third-order valence-corrected chi connectivity index (χ3v) is 5.33. The second-order valence-electron chi connectivity index (χ2n) is 7.74. The van der Waals surface area contributed by atoms with E-state index >= 15 is 0 Å². The molecule has 1 amide bonds. The number of hydrogen-bond donors (Lipinski definition) is 3. The number of fused-ring (bicyclic) bond motifs is 1. The molecule has 4 heterocycles. The molecule has 3 aromatic heterocycles. The molecule has 8 nitrogen and oxygen atoms in total. The first-order valence-electron chi connectivity index (χ1n) is 9.89. The van der Waals surface area contributed by atoms with Crippen LogP contribution in [0.2, 0.25) is 0 Å². The molecular weight excluding hydrogens is 368 g/mol. The van der Waals surface area contributed by atoms with Gasteiger partial charge in [-0.25, -0.2) is 0 Å². The number of nitrogen functional groups attached to an aromatic ring is 1. The van der Waals surface area contributed by atoms with Crippen LogP contribution in [0.1, 0.15) is 36.2 Å². The largest absolute Gasteiger partial charge is 0.438 e. The highest BCUT2D eigenvalue weighted by Crippen LogP contribution is 2.31. The zero-order valence-electron chi connectivity index (χ0n) is 16.7. The quantitative estimate of drug-likeness (QED) is 0.621. The lowest BCUT2D eigenvalue weighted by Gasteiger charge is -2.37. The SMILES string of the molecule is CCc1cnc2c(C(=O)Nc3cnccc3N3C[C@@H](C)C[C@@H](N)C3)c(N)oc2c1. The summed E-state index contributed by atoms with van der Waals surface area (Å²) in [5.41, 5.74) is 15.9. The number of nitrogens with one attached hydrogen (secondary N) is 1. The Morgan fingerprint density at radius 1 is 1.38 bits per heavy atom. The Bertz CT molecular complexity index is 1040. The fourth-order valence-corrected chi connectivity index (χ4v) is 3.99. The predicted molar refractivity (Wildman–Crippen MR) is 114 cm³/mol. The van der Waals surface area contributed by atoms with Gasteiger partial charge in [0.05, 0.1) is 17.6 Å². The molecule has 8 heteroatoms. The average molecular weight is 394 g/mol. The summed E-state index contributed by atoms with van der Waals surface area (Å²) in [5, 5.41) is 2.94.